The molecule has 0 saturated carbocycles. The lowest BCUT2D eigenvalue weighted by Crippen LogP contribution is -2.08. The van der Waals surface area contributed by atoms with Gasteiger partial charge >= 0.3 is 6.18 Å². The number of aromatic nitrogens is 1. The van der Waals surface area contributed by atoms with Crippen molar-refractivity contribution in [2.45, 2.75) is 12.6 Å². The van der Waals surface area contributed by atoms with Gasteiger partial charge in [-0.05, 0) is 36.8 Å². The molecular weight excluding hydrogens is 281 g/mol. The van der Waals surface area contributed by atoms with Crippen molar-refractivity contribution in [2.75, 3.05) is 5.73 Å². The lowest BCUT2D eigenvalue weighted by atomic mass is 10.1. The summed E-state index contributed by atoms with van der Waals surface area (Å²) in [5, 5.41) is 0. The zero-order chi connectivity index (χ0) is 15.5. The summed E-state index contributed by atoms with van der Waals surface area (Å²) in [6.07, 6.45) is -1.25. The molecule has 0 atom stereocenters. The highest BCUT2D eigenvalue weighted by atomic mass is 19.4. The fraction of sp³-hybridized carbons (Fsp3) is 0.133. The molecule has 2 rings (SSSR count). The van der Waals surface area contributed by atoms with Gasteiger partial charge in [-0.25, -0.2) is 4.98 Å². The van der Waals surface area contributed by atoms with Crippen LogP contribution in [0.15, 0.2) is 49.2 Å². The number of allylic oxidation sites excluding steroid dienone is 1. The van der Waals surface area contributed by atoms with Gasteiger partial charge in [-0.3, -0.25) is 0 Å². The zero-order valence-electron chi connectivity index (χ0n) is 11.0. The summed E-state index contributed by atoms with van der Waals surface area (Å²) in [7, 11) is 0. The summed E-state index contributed by atoms with van der Waals surface area (Å²) in [4.78, 5) is 3.66. The van der Waals surface area contributed by atoms with Gasteiger partial charge in [0.05, 0.1) is 0 Å². The molecule has 110 valence electrons. The first kappa shape index (κ1) is 14.9. The van der Waals surface area contributed by atoms with E-state index in [9.17, 15) is 13.2 Å². The van der Waals surface area contributed by atoms with Crippen molar-refractivity contribution in [3.63, 3.8) is 0 Å². The molecule has 0 fully saturated rings. The molecule has 6 heteroatoms. The number of alkyl halides is 3. The summed E-state index contributed by atoms with van der Waals surface area (Å²) >= 11 is 0. The third-order valence-corrected chi connectivity index (χ3v) is 2.73. The highest BCUT2D eigenvalue weighted by molar-refractivity contribution is 5.50. The van der Waals surface area contributed by atoms with Crippen LogP contribution in [0.4, 0.5) is 18.9 Å². The first-order valence-corrected chi connectivity index (χ1v) is 6.11. The van der Waals surface area contributed by atoms with Crippen molar-refractivity contribution >= 4 is 5.69 Å². The summed E-state index contributed by atoms with van der Waals surface area (Å²) in [5.41, 5.74) is 5.88. The normalized spacial score (nSPS) is 11.2. The Labute approximate surface area is 119 Å². The number of nitrogens with two attached hydrogens (primary N) is 1. The second-order valence-corrected chi connectivity index (χ2v) is 4.32. The Balaban J connectivity index is 2.41. The first-order chi connectivity index (χ1) is 9.91. The van der Waals surface area contributed by atoms with Gasteiger partial charge in [0.15, 0.2) is 0 Å². The quantitative estimate of drug-likeness (QED) is 0.679. The molecule has 1 heterocycles. The second-order valence-electron chi connectivity index (χ2n) is 4.32. The Bertz CT molecular complexity index is 654. The molecule has 1 aromatic carbocycles. The van der Waals surface area contributed by atoms with Crippen molar-refractivity contribution in [3.8, 4) is 11.6 Å². The number of ether oxygens (including phenoxy) is 1. The van der Waals surface area contributed by atoms with E-state index in [2.05, 4.69) is 11.6 Å². The molecule has 1 aromatic heterocycles. The average Bonchev–Trinajstić information content (AvgIpc) is 2.41. The molecule has 21 heavy (non-hydrogen) atoms. The molecule has 0 spiro atoms. The fourth-order valence-corrected chi connectivity index (χ4v) is 1.81. The molecule has 0 bridgehead atoms. The monoisotopic (exact) mass is 294 g/mol. The summed E-state index contributed by atoms with van der Waals surface area (Å²) < 4.78 is 44.1. The summed E-state index contributed by atoms with van der Waals surface area (Å²) in [5.74, 6) is -0.214. The van der Waals surface area contributed by atoms with E-state index in [1.807, 2.05) is 0 Å². The Hall–Kier alpha value is -2.50. The number of nitrogens with zero attached hydrogens (tertiary/aromatic N) is 1. The largest absolute Gasteiger partial charge is 0.438 e. The molecule has 0 aliphatic heterocycles. The van der Waals surface area contributed by atoms with Crippen LogP contribution in [0, 0.1) is 0 Å². The predicted octanol–water partition coefficient (Wildman–Crippen LogP) is 4.20. The standard InChI is InChI=1S/C15H13F3N2O/c1-2-4-10-9-11(19)6-7-13(10)21-14-12(15(16,17)18)5-3-8-20-14/h2-3,5-9H,1,4,19H2. The van der Waals surface area contributed by atoms with Crippen LogP contribution in [-0.2, 0) is 12.6 Å². The van der Waals surface area contributed by atoms with Crippen molar-refractivity contribution in [1.82, 2.24) is 4.98 Å². The first-order valence-electron chi connectivity index (χ1n) is 6.11. The number of benzene rings is 1. The van der Waals surface area contributed by atoms with Gasteiger partial charge in [0.1, 0.15) is 11.3 Å². The minimum atomic E-state index is -4.53. The van der Waals surface area contributed by atoms with E-state index in [4.69, 9.17) is 10.5 Å². The molecule has 0 aliphatic rings. The van der Waals surface area contributed by atoms with Gasteiger partial charge < -0.3 is 10.5 Å². The number of nitrogen functional groups attached to an aromatic ring is 1. The van der Waals surface area contributed by atoms with Crippen LogP contribution in [0.2, 0.25) is 0 Å². The number of pyridine rings is 1. The minimum Gasteiger partial charge on any atom is -0.438 e. The Morgan fingerprint density at radius 2 is 2.05 bits per heavy atom. The molecule has 0 radical (unpaired) electrons. The molecule has 2 aromatic rings. The lowest BCUT2D eigenvalue weighted by molar-refractivity contribution is -0.138. The van der Waals surface area contributed by atoms with Crippen LogP contribution in [0.1, 0.15) is 11.1 Å². The SMILES string of the molecule is C=CCc1cc(N)ccc1Oc1ncccc1C(F)(F)F. The maximum absolute atomic E-state index is 12.9. The molecular formula is C15H13F3N2O. The maximum Gasteiger partial charge on any atom is 0.421 e. The van der Waals surface area contributed by atoms with Crippen molar-refractivity contribution in [3.05, 3.63) is 60.3 Å². The van der Waals surface area contributed by atoms with Gasteiger partial charge in [-0.15, -0.1) is 6.58 Å². The minimum absolute atomic E-state index is 0.272. The van der Waals surface area contributed by atoms with E-state index in [1.165, 1.54) is 18.3 Å². The van der Waals surface area contributed by atoms with Crippen LogP contribution in [-0.4, -0.2) is 4.98 Å². The smallest absolute Gasteiger partial charge is 0.421 e. The van der Waals surface area contributed by atoms with E-state index >= 15 is 0 Å². The van der Waals surface area contributed by atoms with Gasteiger partial charge in [0, 0.05) is 17.4 Å². The molecule has 0 amide bonds. The van der Waals surface area contributed by atoms with Crippen molar-refractivity contribution in [2.24, 2.45) is 0 Å². The van der Waals surface area contributed by atoms with E-state index < -0.39 is 17.6 Å². The number of hydrogen-bond donors (Lipinski definition) is 1. The lowest BCUT2D eigenvalue weighted by Gasteiger charge is -2.14. The highest BCUT2D eigenvalue weighted by Crippen LogP contribution is 2.37. The molecule has 3 nitrogen and oxygen atoms in total. The van der Waals surface area contributed by atoms with Gasteiger partial charge in [-0.1, -0.05) is 6.08 Å². The third kappa shape index (κ3) is 3.53. The molecule has 2 N–H and O–H groups in total. The number of halogens is 3. The highest BCUT2D eigenvalue weighted by Gasteiger charge is 2.35. The van der Waals surface area contributed by atoms with E-state index in [0.717, 1.165) is 6.07 Å². The number of hydrogen-bond acceptors (Lipinski definition) is 3. The summed E-state index contributed by atoms with van der Waals surface area (Å²) in [6.45, 7) is 3.60. The van der Waals surface area contributed by atoms with Gasteiger partial charge in [0.2, 0.25) is 5.88 Å². The topological polar surface area (TPSA) is 48.1 Å². The van der Waals surface area contributed by atoms with E-state index in [-0.39, 0.29) is 5.75 Å². The van der Waals surface area contributed by atoms with Crippen LogP contribution >= 0.6 is 0 Å². The van der Waals surface area contributed by atoms with Gasteiger partial charge in [0.25, 0.3) is 0 Å². The predicted molar refractivity (Wildman–Crippen MR) is 74.1 cm³/mol. The number of anilines is 1. The van der Waals surface area contributed by atoms with Crippen LogP contribution in [0.25, 0.3) is 0 Å². The Kier molecular flexibility index (Phi) is 4.16. The van der Waals surface area contributed by atoms with Crippen molar-refractivity contribution in [1.29, 1.82) is 0 Å². The van der Waals surface area contributed by atoms with E-state index in [0.29, 0.717) is 17.7 Å². The maximum atomic E-state index is 12.9. The van der Waals surface area contributed by atoms with Gasteiger partial charge in [-0.2, -0.15) is 13.2 Å². The third-order valence-electron chi connectivity index (χ3n) is 2.73. The number of rotatable bonds is 4. The van der Waals surface area contributed by atoms with Crippen LogP contribution < -0.4 is 10.5 Å². The fourth-order valence-electron chi connectivity index (χ4n) is 1.81. The average molecular weight is 294 g/mol. The molecule has 0 saturated heterocycles. The summed E-state index contributed by atoms with van der Waals surface area (Å²) in [6, 6.07) is 6.84. The van der Waals surface area contributed by atoms with E-state index in [1.54, 1.807) is 18.2 Å². The Morgan fingerprint density at radius 1 is 1.29 bits per heavy atom. The van der Waals surface area contributed by atoms with Crippen molar-refractivity contribution < 1.29 is 17.9 Å². The van der Waals surface area contributed by atoms with Crippen LogP contribution in [0.3, 0.4) is 0 Å². The van der Waals surface area contributed by atoms with Crippen LogP contribution in [0.5, 0.6) is 11.6 Å². The molecule has 0 aliphatic carbocycles. The Morgan fingerprint density at radius 3 is 2.71 bits per heavy atom. The second kappa shape index (κ2) is 5.87. The zero-order valence-corrected chi connectivity index (χ0v) is 11.0. The molecule has 0 unspecified atom stereocenters.